The molecule has 0 spiro atoms. The number of nitriles is 1. The number of azo groups is 1. The van der Waals surface area contributed by atoms with E-state index in [4.69, 9.17) is 11.0 Å². The van der Waals surface area contributed by atoms with Gasteiger partial charge in [0.15, 0.2) is 5.69 Å². The predicted octanol–water partition coefficient (Wildman–Crippen LogP) is 1.64. The molecule has 0 saturated heterocycles. The summed E-state index contributed by atoms with van der Waals surface area (Å²) in [5.74, 6) is 0.706. The molecule has 0 unspecified atom stereocenters. The highest BCUT2D eigenvalue weighted by Gasteiger charge is 2.13. The van der Waals surface area contributed by atoms with Gasteiger partial charge in [-0.2, -0.15) is 10.4 Å². The van der Waals surface area contributed by atoms with Gasteiger partial charge < -0.3 is 5.73 Å². The van der Waals surface area contributed by atoms with E-state index >= 15 is 0 Å². The van der Waals surface area contributed by atoms with Gasteiger partial charge in [-0.15, -0.1) is 15.3 Å². The van der Waals surface area contributed by atoms with Gasteiger partial charge in [-0.05, 0) is 13.8 Å². The fraction of sp³-hybridized carbons (Fsp3) is 0.364. The molecule has 2 rings (SSSR count). The molecule has 0 fully saturated rings. The van der Waals surface area contributed by atoms with Crippen LogP contribution in [0.1, 0.15) is 17.0 Å². The minimum Gasteiger partial charge on any atom is -0.382 e. The zero-order valence-electron chi connectivity index (χ0n) is 11.2. The highest BCUT2D eigenvalue weighted by Crippen LogP contribution is 2.28. The normalized spacial score (nSPS) is 11.1. The van der Waals surface area contributed by atoms with E-state index < -0.39 is 0 Å². The van der Waals surface area contributed by atoms with Crippen LogP contribution in [0.5, 0.6) is 0 Å². The zero-order valence-corrected chi connectivity index (χ0v) is 11.2. The average Bonchev–Trinajstić information content (AvgIpc) is 2.76. The summed E-state index contributed by atoms with van der Waals surface area (Å²) < 4.78 is 3.12. The fourth-order valence-electron chi connectivity index (χ4n) is 1.68. The first-order valence-corrected chi connectivity index (χ1v) is 5.60. The van der Waals surface area contributed by atoms with Crippen molar-refractivity contribution in [1.29, 1.82) is 5.26 Å². The Bertz CT molecular complexity index is 697. The molecule has 0 aliphatic rings. The lowest BCUT2D eigenvalue weighted by Gasteiger charge is -1.92. The van der Waals surface area contributed by atoms with Crippen LogP contribution < -0.4 is 5.73 Å². The second-order valence-electron chi connectivity index (χ2n) is 4.16. The Morgan fingerprint density at radius 2 is 1.84 bits per heavy atom. The summed E-state index contributed by atoms with van der Waals surface area (Å²) >= 11 is 0. The van der Waals surface area contributed by atoms with Crippen molar-refractivity contribution in [2.45, 2.75) is 13.8 Å². The van der Waals surface area contributed by atoms with E-state index in [-0.39, 0.29) is 5.82 Å². The molecule has 19 heavy (non-hydrogen) atoms. The predicted molar refractivity (Wildman–Crippen MR) is 69.2 cm³/mol. The van der Waals surface area contributed by atoms with Crippen molar-refractivity contribution in [3.8, 4) is 6.07 Å². The third-order valence-electron chi connectivity index (χ3n) is 2.91. The Kier molecular flexibility index (Phi) is 3.04. The topological polar surface area (TPSA) is 110 Å². The molecule has 0 aromatic carbocycles. The van der Waals surface area contributed by atoms with Crippen molar-refractivity contribution in [1.82, 2.24) is 19.6 Å². The molecule has 8 nitrogen and oxygen atoms in total. The molecule has 2 heterocycles. The molecule has 0 bridgehead atoms. The maximum atomic E-state index is 9.08. The van der Waals surface area contributed by atoms with Gasteiger partial charge in [0.1, 0.15) is 17.5 Å². The summed E-state index contributed by atoms with van der Waals surface area (Å²) in [5.41, 5.74) is 8.15. The zero-order chi connectivity index (χ0) is 14.2. The second kappa shape index (κ2) is 4.53. The molecule has 2 N–H and O–H groups in total. The number of hydrogen-bond acceptors (Lipinski definition) is 6. The molecular formula is C11H14N8. The van der Waals surface area contributed by atoms with Crippen LogP contribution in [0.15, 0.2) is 10.2 Å². The van der Waals surface area contributed by atoms with Crippen LogP contribution in [-0.2, 0) is 14.1 Å². The number of nitrogens with two attached hydrogens (primary N) is 1. The molecular weight excluding hydrogens is 244 g/mol. The van der Waals surface area contributed by atoms with Crippen molar-refractivity contribution in [3.63, 3.8) is 0 Å². The lowest BCUT2D eigenvalue weighted by Crippen LogP contribution is -1.96. The first-order valence-electron chi connectivity index (χ1n) is 5.60. The van der Waals surface area contributed by atoms with Crippen molar-refractivity contribution >= 4 is 17.3 Å². The minimum absolute atomic E-state index is 0.283. The largest absolute Gasteiger partial charge is 0.382 e. The van der Waals surface area contributed by atoms with E-state index in [0.717, 1.165) is 5.69 Å². The third kappa shape index (κ3) is 2.06. The fourth-order valence-corrected chi connectivity index (χ4v) is 1.68. The van der Waals surface area contributed by atoms with Crippen LogP contribution in [0.2, 0.25) is 0 Å². The summed E-state index contributed by atoms with van der Waals surface area (Å²) in [5, 5.41) is 25.4. The molecule has 0 saturated carbocycles. The molecule has 0 radical (unpaired) electrons. The number of rotatable bonds is 2. The number of hydrogen-bond donors (Lipinski definition) is 1. The maximum absolute atomic E-state index is 9.08. The monoisotopic (exact) mass is 258 g/mol. The Hall–Kier alpha value is -2.69. The van der Waals surface area contributed by atoms with Crippen LogP contribution in [0, 0.1) is 25.2 Å². The molecule has 2 aromatic heterocycles. The van der Waals surface area contributed by atoms with Gasteiger partial charge in [-0.1, -0.05) is 0 Å². The van der Waals surface area contributed by atoms with Gasteiger partial charge in [-0.3, -0.25) is 9.36 Å². The number of nitrogen functional groups attached to an aromatic ring is 1. The Balaban J connectivity index is 2.44. The van der Waals surface area contributed by atoms with Gasteiger partial charge >= 0.3 is 0 Å². The Labute approximate surface area is 110 Å². The number of aromatic nitrogens is 4. The number of anilines is 1. The van der Waals surface area contributed by atoms with E-state index in [1.54, 1.807) is 32.6 Å². The smallest absolute Gasteiger partial charge is 0.213 e. The molecule has 0 amide bonds. The lowest BCUT2D eigenvalue weighted by atomic mass is 10.3. The summed E-state index contributed by atoms with van der Waals surface area (Å²) in [4.78, 5) is 0. The highest BCUT2D eigenvalue weighted by molar-refractivity contribution is 5.61. The Morgan fingerprint density at radius 1 is 1.16 bits per heavy atom. The standard InChI is InChI=1S/C11H14N8/c1-6-9(10(13)19(4)16-6)14-15-11-8(5-12)7(2)18(3)17-11/h13H2,1-4H3. The molecule has 8 heteroatoms. The maximum Gasteiger partial charge on any atom is 0.213 e. The third-order valence-corrected chi connectivity index (χ3v) is 2.91. The van der Waals surface area contributed by atoms with Crippen LogP contribution in [0.25, 0.3) is 0 Å². The first-order chi connectivity index (χ1) is 8.95. The van der Waals surface area contributed by atoms with Gasteiger partial charge in [0.25, 0.3) is 0 Å². The minimum atomic E-state index is 0.283. The first kappa shape index (κ1) is 12.8. The summed E-state index contributed by atoms with van der Waals surface area (Å²) in [6, 6.07) is 2.07. The van der Waals surface area contributed by atoms with Gasteiger partial charge in [0.05, 0.1) is 11.4 Å². The summed E-state index contributed by atoms with van der Waals surface area (Å²) in [6.45, 7) is 3.59. The van der Waals surface area contributed by atoms with E-state index in [2.05, 4.69) is 26.5 Å². The van der Waals surface area contributed by atoms with E-state index in [1.165, 1.54) is 4.68 Å². The van der Waals surface area contributed by atoms with Crippen LogP contribution in [0.4, 0.5) is 17.3 Å². The summed E-state index contributed by atoms with van der Waals surface area (Å²) in [7, 11) is 3.48. The van der Waals surface area contributed by atoms with Gasteiger partial charge in [0, 0.05) is 14.1 Å². The van der Waals surface area contributed by atoms with Crippen molar-refractivity contribution in [3.05, 3.63) is 17.0 Å². The quantitative estimate of drug-likeness (QED) is 0.825. The number of nitrogens with zero attached hydrogens (tertiary/aromatic N) is 7. The Morgan fingerprint density at radius 3 is 2.37 bits per heavy atom. The van der Waals surface area contributed by atoms with Crippen LogP contribution >= 0.6 is 0 Å². The van der Waals surface area contributed by atoms with E-state index in [0.29, 0.717) is 22.8 Å². The lowest BCUT2D eigenvalue weighted by molar-refractivity contribution is 0.739. The number of aryl methyl sites for hydroxylation is 3. The molecule has 0 aliphatic heterocycles. The summed E-state index contributed by atoms with van der Waals surface area (Å²) in [6.07, 6.45) is 0. The van der Waals surface area contributed by atoms with Gasteiger partial charge in [-0.25, -0.2) is 0 Å². The molecule has 2 aromatic rings. The molecule has 0 atom stereocenters. The van der Waals surface area contributed by atoms with Crippen molar-refractivity contribution in [2.75, 3.05) is 5.73 Å². The van der Waals surface area contributed by atoms with E-state index in [1.807, 2.05) is 0 Å². The van der Waals surface area contributed by atoms with Crippen LogP contribution in [0.3, 0.4) is 0 Å². The van der Waals surface area contributed by atoms with Crippen molar-refractivity contribution < 1.29 is 0 Å². The molecule has 98 valence electrons. The van der Waals surface area contributed by atoms with E-state index in [9.17, 15) is 0 Å². The SMILES string of the molecule is Cc1nn(C)c(N)c1N=Nc1nn(C)c(C)c1C#N. The second-order valence-corrected chi connectivity index (χ2v) is 4.16. The van der Waals surface area contributed by atoms with Crippen molar-refractivity contribution in [2.24, 2.45) is 24.3 Å². The highest BCUT2D eigenvalue weighted by atomic mass is 15.3. The average molecular weight is 258 g/mol. The van der Waals surface area contributed by atoms with Gasteiger partial charge in [0.2, 0.25) is 5.82 Å². The molecule has 0 aliphatic carbocycles. The van der Waals surface area contributed by atoms with Crippen LogP contribution in [-0.4, -0.2) is 19.6 Å².